The zero-order valence-corrected chi connectivity index (χ0v) is 11.3. The number of unbranched alkanes of at least 4 members (excludes halogenated alkanes) is 2. The first-order chi connectivity index (χ1) is 9.38. The van der Waals surface area contributed by atoms with Gasteiger partial charge in [0.2, 0.25) is 10.0 Å². The molecule has 1 aromatic carbocycles. The summed E-state index contributed by atoms with van der Waals surface area (Å²) < 4.78 is 39.0. The molecule has 0 heterocycles. The van der Waals surface area contributed by atoms with Gasteiger partial charge < -0.3 is 0 Å². The van der Waals surface area contributed by atoms with Crippen molar-refractivity contribution in [2.75, 3.05) is 6.54 Å². The molecule has 20 heavy (non-hydrogen) atoms. The Morgan fingerprint density at radius 1 is 1.40 bits per heavy atom. The van der Waals surface area contributed by atoms with E-state index < -0.39 is 31.3 Å². The van der Waals surface area contributed by atoms with Crippen LogP contribution in [0.5, 0.6) is 0 Å². The molecule has 0 aliphatic heterocycles. The number of nitro benzene ring substituents is 1. The summed E-state index contributed by atoms with van der Waals surface area (Å²) >= 11 is 0. The Bertz CT molecular complexity index is 637. The average Bonchev–Trinajstić information content (AvgIpc) is 2.38. The summed E-state index contributed by atoms with van der Waals surface area (Å²) in [7, 11) is -4.05. The van der Waals surface area contributed by atoms with Crippen molar-refractivity contribution in [3.05, 3.63) is 34.1 Å². The molecule has 8 heteroatoms. The Balaban J connectivity index is 2.88. The second-order valence-corrected chi connectivity index (χ2v) is 5.66. The van der Waals surface area contributed by atoms with Crippen LogP contribution in [0.3, 0.4) is 0 Å². The molecule has 0 bridgehead atoms. The fourth-order valence-corrected chi connectivity index (χ4v) is 2.72. The van der Waals surface area contributed by atoms with Crippen molar-refractivity contribution in [1.29, 1.82) is 0 Å². The molecule has 0 unspecified atom stereocenters. The van der Waals surface area contributed by atoms with Crippen molar-refractivity contribution in [2.24, 2.45) is 0 Å². The zero-order valence-electron chi connectivity index (χ0n) is 10.5. The number of rotatable bonds is 7. The van der Waals surface area contributed by atoms with Crippen LogP contribution in [0, 0.1) is 28.3 Å². The maximum atomic E-state index is 12.9. The molecule has 6 nitrogen and oxygen atoms in total. The third-order valence-corrected chi connectivity index (χ3v) is 3.96. The van der Waals surface area contributed by atoms with Crippen LogP contribution in [0.15, 0.2) is 23.1 Å². The highest BCUT2D eigenvalue weighted by Gasteiger charge is 2.25. The first-order valence-corrected chi connectivity index (χ1v) is 7.24. The summed E-state index contributed by atoms with van der Waals surface area (Å²) in [5, 5.41) is 10.8. The maximum absolute atomic E-state index is 12.9. The molecule has 0 amide bonds. The quantitative estimate of drug-likeness (QED) is 0.360. The molecule has 0 saturated heterocycles. The molecule has 1 aromatic rings. The minimum absolute atomic E-state index is 0.110. The van der Waals surface area contributed by atoms with Crippen molar-refractivity contribution >= 4 is 15.7 Å². The monoisotopic (exact) mass is 300 g/mol. The van der Waals surface area contributed by atoms with Gasteiger partial charge in [0.05, 0.1) is 11.0 Å². The number of halogens is 1. The van der Waals surface area contributed by atoms with Crippen molar-refractivity contribution in [2.45, 2.75) is 24.2 Å². The normalized spacial score (nSPS) is 11.0. The van der Waals surface area contributed by atoms with E-state index in [1.807, 2.05) is 0 Å². The van der Waals surface area contributed by atoms with E-state index in [-0.39, 0.29) is 6.54 Å². The predicted octanol–water partition coefficient (Wildman–Crippen LogP) is 1.82. The Morgan fingerprint density at radius 3 is 2.70 bits per heavy atom. The zero-order chi connectivity index (χ0) is 15.2. The van der Waals surface area contributed by atoms with Crippen LogP contribution in [-0.4, -0.2) is 19.9 Å². The van der Waals surface area contributed by atoms with Gasteiger partial charge in [-0.1, -0.05) is 0 Å². The SMILES string of the molecule is C#CCCCCNS(=O)(=O)c1ccc(F)cc1[N+](=O)[O-]. The predicted molar refractivity (Wildman–Crippen MR) is 70.9 cm³/mol. The standard InChI is InChI=1S/C12H13FN2O4S/c1-2-3-4-5-8-14-20(18,19)12-7-6-10(13)9-11(12)15(16)17/h1,6-7,9,14H,3-5,8H2. The van der Waals surface area contributed by atoms with Crippen molar-refractivity contribution < 1.29 is 17.7 Å². The molecule has 0 aliphatic carbocycles. The van der Waals surface area contributed by atoms with Gasteiger partial charge in [-0.15, -0.1) is 12.3 Å². The summed E-state index contributed by atoms with van der Waals surface area (Å²) in [6.45, 7) is 0.110. The summed E-state index contributed by atoms with van der Waals surface area (Å²) in [4.78, 5) is 9.27. The first kappa shape index (κ1) is 16.1. The topological polar surface area (TPSA) is 89.3 Å². The van der Waals surface area contributed by atoms with Gasteiger partial charge in [-0.25, -0.2) is 17.5 Å². The molecule has 0 atom stereocenters. The third-order valence-electron chi connectivity index (χ3n) is 2.45. The Kier molecular flexibility index (Phi) is 5.61. The number of terminal acetylenes is 1. The van der Waals surface area contributed by atoms with E-state index in [9.17, 15) is 22.9 Å². The largest absolute Gasteiger partial charge is 0.292 e. The summed E-state index contributed by atoms with van der Waals surface area (Å²) in [5.41, 5.74) is -0.791. The molecule has 0 aromatic heterocycles. The van der Waals surface area contributed by atoms with Crippen molar-refractivity contribution in [3.8, 4) is 12.3 Å². The lowest BCUT2D eigenvalue weighted by molar-refractivity contribution is -0.388. The van der Waals surface area contributed by atoms with E-state index in [4.69, 9.17) is 6.42 Å². The summed E-state index contributed by atoms with van der Waals surface area (Å²) in [6, 6.07) is 2.31. The van der Waals surface area contributed by atoms with E-state index in [0.717, 1.165) is 12.1 Å². The van der Waals surface area contributed by atoms with Crippen LogP contribution in [0.2, 0.25) is 0 Å². The number of nitrogens with zero attached hydrogens (tertiary/aromatic N) is 1. The molecule has 108 valence electrons. The smallest absolute Gasteiger partial charge is 0.258 e. The average molecular weight is 300 g/mol. The van der Waals surface area contributed by atoms with Gasteiger partial charge >= 0.3 is 0 Å². The number of nitrogens with one attached hydrogen (secondary N) is 1. The summed E-state index contributed by atoms with van der Waals surface area (Å²) in [6.07, 6.45) is 6.74. The third kappa shape index (κ3) is 4.29. The second-order valence-electron chi connectivity index (χ2n) is 3.93. The maximum Gasteiger partial charge on any atom is 0.292 e. The fraction of sp³-hybridized carbons (Fsp3) is 0.333. The number of hydrogen-bond donors (Lipinski definition) is 1. The second kappa shape index (κ2) is 6.98. The van der Waals surface area contributed by atoms with Crippen LogP contribution >= 0.6 is 0 Å². The Morgan fingerprint density at radius 2 is 2.10 bits per heavy atom. The van der Waals surface area contributed by atoms with Crippen molar-refractivity contribution in [1.82, 2.24) is 4.72 Å². The molecular formula is C12H13FN2O4S. The van der Waals surface area contributed by atoms with Crippen LogP contribution in [0.25, 0.3) is 0 Å². The van der Waals surface area contributed by atoms with Gasteiger partial charge in [-0.3, -0.25) is 10.1 Å². The van der Waals surface area contributed by atoms with Crippen LogP contribution in [0.1, 0.15) is 19.3 Å². The number of nitro groups is 1. The van der Waals surface area contributed by atoms with Gasteiger partial charge in [0.25, 0.3) is 5.69 Å². The Labute approximate surface area is 116 Å². The van der Waals surface area contributed by atoms with Gasteiger partial charge in [0.15, 0.2) is 4.90 Å². The number of benzene rings is 1. The molecule has 1 rings (SSSR count). The molecular weight excluding hydrogens is 287 g/mol. The highest BCUT2D eigenvalue weighted by atomic mass is 32.2. The minimum Gasteiger partial charge on any atom is -0.258 e. The van der Waals surface area contributed by atoms with Crippen LogP contribution in [0.4, 0.5) is 10.1 Å². The molecule has 0 fully saturated rings. The molecule has 0 radical (unpaired) electrons. The van der Waals surface area contributed by atoms with Crippen LogP contribution in [-0.2, 0) is 10.0 Å². The van der Waals surface area contributed by atoms with Crippen LogP contribution < -0.4 is 4.72 Å². The fourth-order valence-electron chi connectivity index (χ4n) is 1.50. The lowest BCUT2D eigenvalue weighted by Gasteiger charge is -2.06. The van der Waals surface area contributed by atoms with Gasteiger partial charge in [-0.2, -0.15) is 0 Å². The van der Waals surface area contributed by atoms with E-state index in [1.165, 1.54) is 0 Å². The highest BCUT2D eigenvalue weighted by molar-refractivity contribution is 7.89. The molecule has 1 N–H and O–H groups in total. The lowest BCUT2D eigenvalue weighted by atomic mass is 10.2. The van der Waals surface area contributed by atoms with Crippen molar-refractivity contribution in [3.63, 3.8) is 0 Å². The van der Waals surface area contributed by atoms with E-state index in [1.54, 1.807) is 0 Å². The highest BCUT2D eigenvalue weighted by Crippen LogP contribution is 2.24. The molecule has 0 spiro atoms. The molecule has 0 saturated carbocycles. The van der Waals surface area contributed by atoms with E-state index in [2.05, 4.69) is 10.6 Å². The van der Waals surface area contributed by atoms with E-state index in [0.29, 0.717) is 25.3 Å². The van der Waals surface area contributed by atoms with Gasteiger partial charge in [0, 0.05) is 13.0 Å². The first-order valence-electron chi connectivity index (χ1n) is 5.75. The van der Waals surface area contributed by atoms with E-state index >= 15 is 0 Å². The van der Waals surface area contributed by atoms with Gasteiger partial charge in [0.1, 0.15) is 5.82 Å². The molecule has 0 aliphatic rings. The summed E-state index contributed by atoms with van der Waals surface area (Å²) in [5.74, 6) is 1.55. The Hall–Kier alpha value is -1.98. The number of hydrogen-bond acceptors (Lipinski definition) is 4. The van der Waals surface area contributed by atoms with Gasteiger partial charge in [-0.05, 0) is 25.0 Å². The lowest BCUT2D eigenvalue weighted by Crippen LogP contribution is -2.25. The minimum atomic E-state index is -4.05. The number of sulfonamides is 1.